The number of hydrogen-bond donors (Lipinski definition) is 1. The average molecular weight is 189 g/mol. The van der Waals surface area contributed by atoms with E-state index in [9.17, 15) is 0 Å². The smallest absolute Gasteiger partial charge is 0.0294 e. The Hall–Kier alpha value is -1.08. The van der Waals surface area contributed by atoms with E-state index in [1.165, 1.54) is 11.1 Å². The zero-order valence-corrected chi connectivity index (χ0v) is 9.09. The van der Waals surface area contributed by atoms with Gasteiger partial charge in [0.2, 0.25) is 0 Å². The normalized spacial score (nSPS) is 12.4. The fraction of sp³-hybridized carbons (Fsp3) is 0.385. The first kappa shape index (κ1) is 11.0. The molecule has 14 heavy (non-hydrogen) atoms. The Morgan fingerprint density at radius 1 is 1.43 bits per heavy atom. The van der Waals surface area contributed by atoms with Gasteiger partial charge in [0.1, 0.15) is 0 Å². The molecule has 0 saturated heterocycles. The molecule has 1 aromatic rings. The summed E-state index contributed by atoms with van der Waals surface area (Å²) in [6.07, 6.45) is 2.97. The third-order valence-electron chi connectivity index (χ3n) is 2.45. The molecule has 0 spiro atoms. The SMILES string of the molecule is C=CCCN[C@H](C)c1ccccc1C. The number of benzene rings is 1. The van der Waals surface area contributed by atoms with Crippen LogP contribution in [0.25, 0.3) is 0 Å². The van der Waals surface area contributed by atoms with E-state index in [2.05, 4.69) is 50.0 Å². The van der Waals surface area contributed by atoms with E-state index in [0.29, 0.717) is 6.04 Å². The second-order valence-corrected chi connectivity index (χ2v) is 3.61. The molecule has 0 amide bonds. The van der Waals surface area contributed by atoms with Gasteiger partial charge in [0, 0.05) is 6.04 Å². The van der Waals surface area contributed by atoms with Gasteiger partial charge in [0.05, 0.1) is 0 Å². The number of nitrogens with one attached hydrogen (secondary N) is 1. The van der Waals surface area contributed by atoms with Gasteiger partial charge in [-0.15, -0.1) is 6.58 Å². The van der Waals surface area contributed by atoms with Crippen LogP contribution in [0.1, 0.15) is 30.5 Å². The molecule has 0 fully saturated rings. The maximum Gasteiger partial charge on any atom is 0.0294 e. The third kappa shape index (κ3) is 3.00. The molecule has 1 aromatic carbocycles. The van der Waals surface area contributed by atoms with E-state index < -0.39 is 0 Å². The predicted molar refractivity (Wildman–Crippen MR) is 62.4 cm³/mol. The van der Waals surface area contributed by atoms with Crippen LogP contribution in [0.4, 0.5) is 0 Å². The van der Waals surface area contributed by atoms with Gasteiger partial charge in [-0.3, -0.25) is 0 Å². The van der Waals surface area contributed by atoms with Crippen LogP contribution in [-0.2, 0) is 0 Å². The molecule has 0 bridgehead atoms. The van der Waals surface area contributed by atoms with Crippen LogP contribution in [0.3, 0.4) is 0 Å². The summed E-state index contributed by atoms with van der Waals surface area (Å²) in [6, 6.07) is 8.93. The van der Waals surface area contributed by atoms with E-state index in [4.69, 9.17) is 0 Å². The number of aryl methyl sites for hydroxylation is 1. The summed E-state index contributed by atoms with van der Waals surface area (Å²) in [5, 5.41) is 3.47. The summed E-state index contributed by atoms with van der Waals surface area (Å²) in [5.41, 5.74) is 2.74. The molecule has 1 N–H and O–H groups in total. The molecule has 0 unspecified atom stereocenters. The van der Waals surface area contributed by atoms with Crippen molar-refractivity contribution in [2.75, 3.05) is 6.54 Å². The van der Waals surface area contributed by atoms with E-state index in [1.807, 2.05) is 6.08 Å². The molecule has 76 valence electrons. The van der Waals surface area contributed by atoms with Crippen molar-refractivity contribution in [3.8, 4) is 0 Å². The predicted octanol–water partition coefficient (Wildman–Crippen LogP) is 3.22. The molecular formula is C13H19N. The Morgan fingerprint density at radius 2 is 2.14 bits per heavy atom. The summed E-state index contributed by atoms with van der Waals surface area (Å²) in [7, 11) is 0. The molecule has 0 aliphatic heterocycles. The fourth-order valence-corrected chi connectivity index (χ4v) is 1.58. The highest BCUT2D eigenvalue weighted by Crippen LogP contribution is 2.16. The van der Waals surface area contributed by atoms with Gasteiger partial charge in [-0.2, -0.15) is 0 Å². The minimum atomic E-state index is 0.427. The molecule has 1 rings (SSSR count). The van der Waals surface area contributed by atoms with Crippen molar-refractivity contribution in [1.82, 2.24) is 5.32 Å². The molecule has 0 aromatic heterocycles. The molecule has 1 heteroatoms. The minimum Gasteiger partial charge on any atom is -0.310 e. The lowest BCUT2D eigenvalue weighted by molar-refractivity contribution is 0.579. The van der Waals surface area contributed by atoms with E-state index in [1.54, 1.807) is 0 Å². The van der Waals surface area contributed by atoms with E-state index in [-0.39, 0.29) is 0 Å². The van der Waals surface area contributed by atoms with Gasteiger partial charge in [-0.05, 0) is 37.9 Å². The molecule has 0 heterocycles. The lowest BCUT2D eigenvalue weighted by Crippen LogP contribution is -2.20. The maximum absolute atomic E-state index is 3.71. The van der Waals surface area contributed by atoms with Crippen LogP contribution in [0.5, 0.6) is 0 Å². The van der Waals surface area contributed by atoms with Crippen molar-refractivity contribution < 1.29 is 0 Å². The summed E-state index contributed by atoms with van der Waals surface area (Å²) in [6.45, 7) is 9.06. The summed E-state index contributed by atoms with van der Waals surface area (Å²) in [5.74, 6) is 0. The lowest BCUT2D eigenvalue weighted by atomic mass is 10.0. The maximum atomic E-state index is 3.71. The van der Waals surface area contributed by atoms with Gasteiger partial charge in [-0.1, -0.05) is 30.3 Å². The molecule has 1 atom stereocenters. The first-order valence-corrected chi connectivity index (χ1v) is 5.15. The van der Waals surface area contributed by atoms with Crippen LogP contribution < -0.4 is 5.32 Å². The topological polar surface area (TPSA) is 12.0 Å². The fourth-order valence-electron chi connectivity index (χ4n) is 1.58. The van der Waals surface area contributed by atoms with Crippen molar-refractivity contribution in [3.63, 3.8) is 0 Å². The Kier molecular flexibility index (Phi) is 4.41. The van der Waals surface area contributed by atoms with Crippen molar-refractivity contribution in [1.29, 1.82) is 0 Å². The van der Waals surface area contributed by atoms with E-state index in [0.717, 1.165) is 13.0 Å². The molecule has 0 aliphatic carbocycles. The Labute approximate surface area is 86.8 Å². The van der Waals surface area contributed by atoms with Crippen molar-refractivity contribution in [2.24, 2.45) is 0 Å². The monoisotopic (exact) mass is 189 g/mol. The van der Waals surface area contributed by atoms with Gasteiger partial charge < -0.3 is 5.32 Å². The van der Waals surface area contributed by atoms with Gasteiger partial charge in [-0.25, -0.2) is 0 Å². The Bertz CT molecular complexity index is 291. The van der Waals surface area contributed by atoms with E-state index >= 15 is 0 Å². The second kappa shape index (κ2) is 5.61. The highest BCUT2D eigenvalue weighted by Gasteiger charge is 2.05. The standard InChI is InChI=1S/C13H19N/c1-4-5-10-14-12(3)13-9-7-6-8-11(13)2/h4,6-9,12,14H,1,5,10H2,2-3H3/t12-/m1/s1. The molecular weight excluding hydrogens is 170 g/mol. The number of rotatable bonds is 5. The van der Waals surface area contributed by atoms with Crippen molar-refractivity contribution in [3.05, 3.63) is 48.0 Å². The van der Waals surface area contributed by atoms with Gasteiger partial charge in [0.15, 0.2) is 0 Å². The van der Waals surface area contributed by atoms with Crippen LogP contribution >= 0.6 is 0 Å². The minimum absolute atomic E-state index is 0.427. The molecule has 1 nitrogen and oxygen atoms in total. The van der Waals surface area contributed by atoms with Crippen LogP contribution in [0.15, 0.2) is 36.9 Å². The van der Waals surface area contributed by atoms with Crippen LogP contribution in [0, 0.1) is 6.92 Å². The number of hydrogen-bond acceptors (Lipinski definition) is 1. The summed E-state index contributed by atoms with van der Waals surface area (Å²) in [4.78, 5) is 0. The molecule has 0 aliphatic rings. The molecule has 0 radical (unpaired) electrons. The van der Waals surface area contributed by atoms with Gasteiger partial charge in [0.25, 0.3) is 0 Å². The zero-order chi connectivity index (χ0) is 10.4. The van der Waals surface area contributed by atoms with Crippen LogP contribution in [-0.4, -0.2) is 6.54 Å². The largest absolute Gasteiger partial charge is 0.310 e. The third-order valence-corrected chi connectivity index (χ3v) is 2.45. The zero-order valence-electron chi connectivity index (χ0n) is 9.09. The first-order chi connectivity index (χ1) is 6.75. The highest BCUT2D eigenvalue weighted by molar-refractivity contribution is 5.28. The van der Waals surface area contributed by atoms with Crippen molar-refractivity contribution in [2.45, 2.75) is 26.3 Å². The Morgan fingerprint density at radius 3 is 2.79 bits per heavy atom. The highest BCUT2D eigenvalue weighted by atomic mass is 14.9. The lowest BCUT2D eigenvalue weighted by Gasteiger charge is -2.15. The van der Waals surface area contributed by atoms with Crippen LogP contribution in [0.2, 0.25) is 0 Å². The molecule has 0 saturated carbocycles. The average Bonchev–Trinajstić information content (AvgIpc) is 2.18. The van der Waals surface area contributed by atoms with Crippen molar-refractivity contribution >= 4 is 0 Å². The Balaban J connectivity index is 2.55. The van der Waals surface area contributed by atoms with Gasteiger partial charge >= 0.3 is 0 Å². The first-order valence-electron chi connectivity index (χ1n) is 5.15. The summed E-state index contributed by atoms with van der Waals surface area (Å²) < 4.78 is 0. The quantitative estimate of drug-likeness (QED) is 0.554. The second-order valence-electron chi connectivity index (χ2n) is 3.61. The summed E-state index contributed by atoms with van der Waals surface area (Å²) >= 11 is 0.